The molecule has 0 amide bonds. The summed E-state index contributed by atoms with van der Waals surface area (Å²) in [5.74, 6) is 1.28. The minimum absolute atomic E-state index is 0.292. The Morgan fingerprint density at radius 2 is 2.10 bits per heavy atom. The molecule has 0 saturated carbocycles. The number of ketones is 1. The molecule has 1 aromatic heterocycles. The molecule has 3 rings (SSSR count). The van der Waals surface area contributed by atoms with E-state index in [1.165, 1.54) is 5.56 Å². The standard InChI is InChI=1S/C17H17NOS/c1-2-20-16-10-9-12(14-7-3-4-11-18-14)13-6-5-8-15(19)17(13)16/h3-4,7,9-11H,2,5-6,8H2,1H3. The Balaban J connectivity index is 2.18. The second-order valence-electron chi connectivity index (χ2n) is 4.89. The third kappa shape index (κ3) is 2.38. The summed E-state index contributed by atoms with van der Waals surface area (Å²) in [5, 5.41) is 0. The molecule has 2 aromatic rings. The van der Waals surface area contributed by atoms with Crippen LogP contribution in [-0.4, -0.2) is 16.5 Å². The lowest BCUT2D eigenvalue weighted by molar-refractivity contribution is 0.0969. The molecular weight excluding hydrogens is 266 g/mol. The maximum Gasteiger partial charge on any atom is 0.164 e. The van der Waals surface area contributed by atoms with E-state index in [-0.39, 0.29) is 0 Å². The van der Waals surface area contributed by atoms with Crippen LogP contribution in [0.15, 0.2) is 41.4 Å². The van der Waals surface area contributed by atoms with E-state index in [1.807, 2.05) is 18.2 Å². The van der Waals surface area contributed by atoms with Crippen molar-refractivity contribution in [2.24, 2.45) is 0 Å². The number of fused-ring (bicyclic) bond motifs is 1. The Morgan fingerprint density at radius 1 is 1.20 bits per heavy atom. The number of aromatic nitrogens is 1. The number of benzene rings is 1. The maximum atomic E-state index is 12.3. The quantitative estimate of drug-likeness (QED) is 0.783. The number of nitrogens with zero attached hydrogens (tertiary/aromatic N) is 1. The summed E-state index contributed by atoms with van der Waals surface area (Å²) in [6.45, 7) is 2.12. The van der Waals surface area contributed by atoms with Crippen molar-refractivity contribution in [3.05, 3.63) is 47.7 Å². The number of carbonyl (C=O) groups excluding carboxylic acids is 1. The van der Waals surface area contributed by atoms with Crippen molar-refractivity contribution in [2.45, 2.75) is 31.1 Å². The summed E-state index contributed by atoms with van der Waals surface area (Å²) in [4.78, 5) is 17.9. The molecule has 1 aliphatic carbocycles. The van der Waals surface area contributed by atoms with Gasteiger partial charge in [0, 0.05) is 28.6 Å². The highest BCUT2D eigenvalue weighted by Crippen LogP contribution is 2.36. The summed E-state index contributed by atoms with van der Waals surface area (Å²) in [6, 6.07) is 10.1. The Kier molecular flexibility index (Phi) is 3.88. The second-order valence-corrected chi connectivity index (χ2v) is 6.20. The van der Waals surface area contributed by atoms with E-state index >= 15 is 0 Å². The molecule has 0 unspecified atom stereocenters. The van der Waals surface area contributed by atoms with Crippen LogP contribution in [0, 0.1) is 0 Å². The summed E-state index contributed by atoms with van der Waals surface area (Å²) in [7, 11) is 0. The largest absolute Gasteiger partial charge is 0.294 e. The predicted molar refractivity (Wildman–Crippen MR) is 83.3 cm³/mol. The third-order valence-electron chi connectivity index (χ3n) is 3.62. The first-order valence-electron chi connectivity index (χ1n) is 7.04. The van der Waals surface area contributed by atoms with Crippen molar-refractivity contribution in [1.29, 1.82) is 0 Å². The van der Waals surface area contributed by atoms with Crippen molar-refractivity contribution >= 4 is 17.5 Å². The summed E-state index contributed by atoms with van der Waals surface area (Å²) >= 11 is 1.76. The zero-order valence-electron chi connectivity index (χ0n) is 11.6. The lowest BCUT2D eigenvalue weighted by Gasteiger charge is -2.21. The number of thioether (sulfide) groups is 1. The van der Waals surface area contributed by atoms with E-state index in [4.69, 9.17) is 0 Å². The molecule has 3 heteroatoms. The molecule has 102 valence electrons. The molecule has 0 N–H and O–H groups in total. The normalized spacial score (nSPS) is 14.2. The van der Waals surface area contributed by atoms with E-state index < -0.39 is 0 Å². The van der Waals surface area contributed by atoms with Crippen molar-refractivity contribution in [1.82, 2.24) is 4.98 Å². The van der Waals surface area contributed by atoms with Crippen LogP contribution in [0.25, 0.3) is 11.3 Å². The molecule has 2 nitrogen and oxygen atoms in total. The Morgan fingerprint density at radius 3 is 2.85 bits per heavy atom. The van der Waals surface area contributed by atoms with Crippen LogP contribution in [-0.2, 0) is 6.42 Å². The first-order chi connectivity index (χ1) is 9.81. The van der Waals surface area contributed by atoms with Gasteiger partial charge in [0.2, 0.25) is 0 Å². The minimum Gasteiger partial charge on any atom is -0.294 e. The average Bonchev–Trinajstić information content (AvgIpc) is 2.49. The van der Waals surface area contributed by atoms with E-state index in [0.717, 1.165) is 40.3 Å². The zero-order valence-corrected chi connectivity index (χ0v) is 12.4. The molecule has 0 bridgehead atoms. The van der Waals surface area contributed by atoms with Gasteiger partial charge in [-0.25, -0.2) is 0 Å². The molecule has 0 fully saturated rings. The van der Waals surface area contributed by atoms with Crippen LogP contribution in [0.3, 0.4) is 0 Å². The van der Waals surface area contributed by atoms with Gasteiger partial charge in [-0.1, -0.05) is 19.1 Å². The molecule has 0 saturated heterocycles. The molecule has 1 aliphatic rings. The Hall–Kier alpha value is -1.61. The Bertz CT molecular complexity index is 637. The van der Waals surface area contributed by atoms with Crippen LogP contribution in [0.2, 0.25) is 0 Å². The van der Waals surface area contributed by atoms with E-state index in [0.29, 0.717) is 12.2 Å². The molecular formula is C17H17NOS. The number of hydrogen-bond donors (Lipinski definition) is 0. The van der Waals surface area contributed by atoms with Crippen LogP contribution < -0.4 is 0 Å². The highest BCUT2D eigenvalue weighted by molar-refractivity contribution is 7.99. The smallest absolute Gasteiger partial charge is 0.164 e. The SMILES string of the molecule is CCSc1ccc(-c2ccccn2)c2c1C(=O)CCC2. The van der Waals surface area contributed by atoms with Crippen LogP contribution >= 0.6 is 11.8 Å². The van der Waals surface area contributed by atoms with Crippen LogP contribution in [0.1, 0.15) is 35.7 Å². The zero-order chi connectivity index (χ0) is 13.9. The maximum absolute atomic E-state index is 12.3. The molecule has 0 atom stereocenters. The van der Waals surface area contributed by atoms with Gasteiger partial charge in [0.25, 0.3) is 0 Å². The highest BCUT2D eigenvalue weighted by Gasteiger charge is 2.24. The molecule has 0 spiro atoms. The number of Topliss-reactive ketones (excluding diaryl/α,β-unsaturated/α-hetero) is 1. The van der Waals surface area contributed by atoms with Gasteiger partial charge >= 0.3 is 0 Å². The fourth-order valence-corrected chi connectivity index (χ4v) is 3.64. The fraction of sp³-hybridized carbons (Fsp3) is 0.294. The number of pyridine rings is 1. The number of carbonyl (C=O) groups is 1. The van der Waals surface area contributed by atoms with Gasteiger partial charge in [-0.2, -0.15) is 0 Å². The topological polar surface area (TPSA) is 30.0 Å². The monoisotopic (exact) mass is 283 g/mol. The first kappa shape index (κ1) is 13.4. The average molecular weight is 283 g/mol. The molecule has 1 heterocycles. The van der Waals surface area contributed by atoms with Gasteiger partial charge < -0.3 is 0 Å². The lowest BCUT2D eigenvalue weighted by Crippen LogP contribution is -2.13. The minimum atomic E-state index is 0.292. The van der Waals surface area contributed by atoms with E-state index in [1.54, 1.807) is 18.0 Å². The van der Waals surface area contributed by atoms with Crippen LogP contribution in [0.5, 0.6) is 0 Å². The van der Waals surface area contributed by atoms with Gasteiger partial charge in [-0.05, 0) is 42.4 Å². The summed E-state index contributed by atoms with van der Waals surface area (Å²) < 4.78 is 0. The fourth-order valence-electron chi connectivity index (χ4n) is 2.78. The second kappa shape index (κ2) is 5.80. The van der Waals surface area contributed by atoms with Gasteiger partial charge in [-0.3, -0.25) is 9.78 Å². The van der Waals surface area contributed by atoms with Crippen molar-refractivity contribution in [2.75, 3.05) is 5.75 Å². The highest BCUT2D eigenvalue weighted by atomic mass is 32.2. The summed E-state index contributed by atoms with van der Waals surface area (Å²) in [5.41, 5.74) is 4.23. The lowest BCUT2D eigenvalue weighted by atomic mass is 9.86. The predicted octanol–water partition coefficient (Wildman–Crippen LogP) is 4.38. The number of rotatable bonds is 3. The van der Waals surface area contributed by atoms with Crippen LogP contribution in [0.4, 0.5) is 0 Å². The first-order valence-corrected chi connectivity index (χ1v) is 8.03. The van der Waals surface area contributed by atoms with Gasteiger partial charge in [-0.15, -0.1) is 11.8 Å². The van der Waals surface area contributed by atoms with Gasteiger partial charge in [0.05, 0.1) is 5.69 Å². The Labute approximate surface area is 123 Å². The molecule has 0 radical (unpaired) electrons. The number of hydrogen-bond acceptors (Lipinski definition) is 3. The molecule has 20 heavy (non-hydrogen) atoms. The van der Waals surface area contributed by atoms with Crippen molar-refractivity contribution in [3.63, 3.8) is 0 Å². The van der Waals surface area contributed by atoms with Crippen molar-refractivity contribution < 1.29 is 4.79 Å². The van der Waals surface area contributed by atoms with E-state index in [9.17, 15) is 4.79 Å². The molecule has 0 aliphatic heterocycles. The van der Waals surface area contributed by atoms with Gasteiger partial charge in [0.15, 0.2) is 5.78 Å². The third-order valence-corrected chi connectivity index (χ3v) is 4.56. The molecule has 1 aromatic carbocycles. The van der Waals surface area contributed by atoms with E-state index in [2.05, 4.69) is 24.0 Å². The summed E-state index contributed by atoms with van der Waals surface area (Å²) in [6.07, 6.45) is 4.41. The van der Waals surface area contributed by atoms with Crippen molar-refractivity contribution in [3.8, 4) is 11.3 Å². The van der Waals surface area contributed by atoms with Gasteiger partial charge in [0.1, 0.15) is 0 Å².